The van der Waals surface area contributed by atoms with E-state index in [1.165, 1.54) is 5.56 Å². The molecule has 3 rings (SSSR count). The molecule has 2 aromatic rings. The van der Waals surface area contributed by atoms with Gasteiger partial charge >= 0.3 is 0 Å². The number of pyridine rings is 1. The van der Waals surface area contributed by atoms with Crippen LogP contribution in [0.4, 0.5) is 0 Å². The number of aliphatic hydroxyl groups is 1. The van der Waals surface area contributed by atoms with Crippen LogP contribution in [0, 0.1) is 0 Å². The van der Waals surface area contributed by atoms with Crippen LogP contribution in [0.25, 0.3) is 0 Å². The minimum Gasteiger partial charge on any atom is -0.396 e. The van der Waals surface area contributed by atoms with Gasteiger partial charge in [-0.25, -0.2) is 0 Å². The number of aliphatic hydroxyl groups excluding tert-OH is 1. The van der Waals surface area contributed by atoms with Crippen LogP contribution < -0.4 is 0 Å². The van der Waals surface area contributed by atoms with Crippen molar-refractivity contribution >= 4 is 5.91 Å². The molecule has 0 bridgehead atoms. The van der Waals surface area contributed by atoms with Crippen molar-refractivity contribution in [3.8, 4) is 0 Å². The van der Waals surface area contributed by atoms with Gasteiger partial charge in [0.25, 0.3) is 5.91 Å². The molecule has 0 aliphatic carbocycles. The molecule has 1 amide bonds. The number of amides is 1. The predicted octanol–water partition coefficient (Wildman–Crippen LogP) is 2.11. The van der Waals surface area contributed by atoms with E-state index in [0.29, 0.717) is 26.1 Å². The van der Waals surface area contributed by atoms with Crippen LogP contribution in [0.15, 0.2) is 48.8 Å². The van der Waals surface area contributed by atoms with E-state index in [0.717, 1.165) is 17.5 Å². The molecule has 0 radical (unpaired) electrons. The summed E-state index contributed by atoms with van der Waals surface area (Å²) in [6, 6.07) is 11.7. The number of fused-ring (bicyclic) bond motifs is 1. The first-order chi connectivity index (χ1) is 11.8. The summed E-state index contributed by atoms with van der Waals surface area (Å²) in [5.74, 6) is -0.0487. The van der Waals surface area contributed by atoms with Crippen LogP contribution in [0.1, 0.15) is 29.2 Å². The fraction of sp³-hybridized carbons (Fsp3) is 0.368. The molecule has 1 aliphatic heterocycles. The average Bonchev–Trinajstić information content (AvgIpc) is 2.65. The molecule has 0 saturated carbocycles. The number of ether oxygens (including phenoxy) is 1. The molecule has 0 saturated heterocycles. The molecule has 24 heavy (non-hydrogen) atoms. The Bertz CT molecular complexity index is 675. The van der Waals surface area contributed by atoms with Gasteiger partial charge in [-0.05, 0) is 41.7 Å². The molecule has 5 nitrogen and oxygen atoms in total. The number of benzene rings is 1. The Morgan fingerprint density at radius 2 is 2.04 bits per heavy atom. The SMILES string of the molecule is O=C([C@@H]1OCCc2ccccc21)N(CCCO)Cc1ccncc1. The molecule has 0 fully saturated rings. The third kappa shape index (κ3) is 3.80. The standard InChI is InChI=1S/C19H22N2O3/c22-12-3-11-21(14-15-6-9-20-10-7-15)19(23)18-17-5-2-1-4-16(17)8-13-24-18/h1-2,4-7,9-10,18,22H,3,8,11-14H2/t18-/m1/s1. The number of nitrogens with zero attached hydrogens (tertiary/aromatic N) is 2. The fourth-order valence-electron chi connectivity index (χ4n) is 3.00. The minimum absolute atomic E-state index is 0.0487. The highest BCUT2D eigenvalue weighted by Gasteiger charge is 2.30. The van der Waals surface area contributed by atoms with E-state index in [2.05, 4.69) is 11.1 Å². The minimum atomic E-state index is -0.560. The third-order valence-electron chi connectivity index (χ3n) is 4.24. The molecular formula is C19H22N2O3. The van der Waals surface area contributed by atoms with Gasteiger partial charge in [0.1, 0.15) is 0 Å². The smallest absolute Gasteiger partial charge is 0.256 e. The molecule has 2 heterocycles. The lowest BCUT2D eigenvalue weighted by Gasteiger charge is -2.31. The Kier molecular flexibility index (Phi) is 5.56. The van der Waals surface area contributed by atoms with Gasteiger partial charge in [-0.3, -0.25) is 9.78 Å². The molecule has 1 aromatic heterocycles. The predicted molar refractivity (Wildman–Crippen MR) is 90.2 cm³/mol. The van der Waals surface area contributed by atoms with Crippen molar-refractivity contribution in [1.29, 1.82) is 0 Å². The Balaban J connectivity index is 1.81. The first-order valence-corrected chi connectivity index (χ1v) is 8.27. The topological polar surface area (TPSA) is 62.7 Å². The van der Waals surface area contributed by atoms with E-state index in [1.54, 1.807) is 17.3 Å². The quantitative estimate of drug-likeness (QED) is 0.883. The van der Waals surface area contributed by atoms with Crippen molar-refractivity contribution in [1.82, 2.24) is 9.88 Å². The Morgan fingerprint density at radius 1 is 1.25 bits per heavy atom. The van der Waals surface area contributed by atoms with Crippen molar-refractivity contribution in [3.63, 3.8) is 0 Å². The van der Waals surface area contributed by atoms with Crippen molar-refractivity contribution < 1.29 is 14.6 Å². The van der Waals surface area contributed by atoms with Crippen LogP contribution in [0.5, 0.6) is 0 Å². The number of rotatable bonds is 6. The summed E-state index contributed by atoms with van der Waals surface area (Å²) in [6.45, 7) is 1.60. The largest absolute Gasteiger partial charge is 0.396 e. The summed E-state index contributed by atoms with van der Waals surface area (Å²) in [5.41, 5.74) is 3.14. The van der Waals surface area contributed by atoms with Gasteiger partial charge in [-0.15, -0.1) is 0 Å². The van der Waals surface area contributed by atoms with Crippen molar-refractivity contribution in [3.05, 3.63) is 65.5 Å². The van der Waals surface area contributed by atoms with Crippen LogP contribution in [-0.2, 0) is 22.5 Å². The highest BCUT2D eigenvalue weighted by Crippen LogP contribution is 2.29. The number of aromatic nitrogens is 1. The summed E-state index contributed by atoms with van der Waals surface area (Å²) in [6.07, 6.45) is 4.26. The zero-order valence-corrected chi connectivity index (χ0v) is 13.6. The van der Waals surface area contributed by atoms with E-state index in [9.17, 15) is 4.79 Å². The molecule has 1 atom stereocenters. The third-order valence-corrected chi connectivity index (χ3v) is 4.24. The number of carbonyl (C=O) groups is 1. The first kappa shape index (κ1) is 16.6. The second-order valence-electron chi connectivity index (χ2n) is 5.89. The van der Waals surface area contributed by atoms with Crippen molar-refractivity contribution in [2.45, 2.75) is 25.5 Å². The molecule has 0 unspecified atom stereocenters. The summed E-state index contributed by atoms with van der Waals surface area (Å²) in [5, 5.41) is 9.15. The van der Waals surface area contributed by atoms with Gasteiger partial charge in [0, 0.05) is 32.1 Å². The maximum atomic E-state index is 13.1. The van der Waals surface area contributed by atoms with Gasteiger partial charge in [0.15, 0.2) is 6.10 Å². The monoisotopic (exact) mass is 326 g/mol. The van der Waals surface area contributed by atoms with Crippen LogP contribution in [0.3, 0.4) is 0 Å². The van der Waals surface area contributed by atoms with E-state index in [1.807, 2.05) is 30.3 Å². The zero-order valence-electron chi connectivity index (χ0n) is 13.6. The van der Waals surface area contributed by atoms with Crippen LogP contribution in [0.2, 0.25) is 0 Å². The van der Waals surface area contributed by atoms with E-state index in [-0.39, 0.29) is 12.5 Å². The van der Waals surface area contributed by atoms with Crippen LogP contribution in [-0.4, -0.2) is 40.7 Å². The summed E-state index contributed by atoms with van der Waals surface area (Å²) >= 11 is 0. The normalized spacial score (nSPS) is 16.5. The molecular weight excluding hydrogens is 304 g/mol. The summed E-state index contributed by atoms with van der Waals surface area (Å²) in [7, 11) is 0. The Labute approximate surface area is 141 Å². The summed E-state index contributed by atoms with van der Waals surface area (Å²) < 4.78 is 5.80. The second kappa shape index (κ2) is 8.04. The Hall–Kier alpha value is -2.24. The van der Waals surface area contributed by atoms with Gasteiger partial charge in [-0.2, -0.15) is 0 Å². The van der Waals surface area contributed by atoms with Crippen molar-refractivity contribution in [2.75, 3.05) is 19.8 Å². The highest BCUT2D eigenvalue weighted by molar-refractivity contribution is 5.83. The summed E-state index contributed by atoms with van der Waals surface area (Å²) in [4.78, 5) is 18.8. The Morgan fingerprint density at radius 3 is 2.83 bits per heavy atom. The van der Waals surface area contributed by atoms with Gasteiger partial charge in [-0.1, -0.05) is 24.3 Å². The lowest BCUT2D eigenvalue weighted by Crippen LogP contribution is -2.38. The van der Waals surface area contributed by atoms with Gasteiger partial charge < -0.3 is 14.7 Å². The number of hydrogen-bond donors (Lipinski definition) is 1. The number of hydrogen-bond acceptors (Lipinski definition) is 4. The van der Waals surface area contributed by atoms with Gasteiger partial charge in [0.2, 0.25) is 0 Å². The second-order valence-corrected chi connectivity index (χ2v) is 5.89. The first-order valence-electron chi connectivity index (χ1n) is 8.27. The maximum Gasteiger partial charge on any atom is 0.256 e. The zero-order chi connectivity index (χ0) is 16.8. The fourth-order valence-corrected chi connectivity index (χ4v) is 3.00. The molecule has 126 valence electrons. The molecule has 0 spiro atoms. The van der Waals surface area contributed by atoms with Gasteiger partial charge in [0.05, 0.1) is 6.61 Å². The van der Waals surface area contributed by atoms with Crippen LogP contribution >= 0.6 is 0 Å². The van der Waals surface area contributed by atoms with E-state index in [4.69, 9.17) is 9.84 Å². The highest BCUT2D eigenvalue weighted by atomic mass is 16.5. The number of carbonyl (C=O) groups excluding carboxylic acids is 1. The molecule has 1 aromatic carbocycles. The van der Waals surface area contributed by atoms with E-state index >= 15 is 0 Å². The maximum absolute atomic E-state index is 13.1. The van der Waals surface area contributed by atoms with Crippen molar-refractivity contribution in [2.24, 2.45) is 0 Å². The lowest BCUT2D eigenvalue weighted by molar-refractivity contribution is -0.146. The molecule has 5 heteroatoms. The average molecular weight is 326 g/mol. The lowest BCUT2D eigenvalue weighted by atomic mass is 9.96. The molecule has 1 aliphatic rings. The van der Waals surface area contributed by atoms with E-state index < -0.39 is 6.10 Å². The molecule has 1 N–H and O–H groups in total.